The molecule has 0 spiro atoms. The Kier molecular flexibility index (Phi) is 8.74. The van der Waals surface area contributed by atoms with Crippen molar-refractivity contribution in [2.24, 2.45) is 5.92 Å². The third-order valence-corrected chi connectivity index (χ3v) is 6.39. The number of nitriles is 1. The first-order valence-electron chi connectivity index (χ1n) is 11.9. The van der Waals surface area contributed by atoms with E-state index in [1.54, 1.807) is 0 Å². The predicted molar refractivity (Wildman–Crippen MR) is 134 cm³/mol. The van der Waals surface area contributed by atoms with E-state index in [0.29, 0.717) is 0 Å². The normalized spacial score (nSPS) is 14.8. The van der Waals surface area contributed by atoms with E-state index in [-0.39, 0.29) is 0 Å². The molecule has 3 nitrogen and oxygen atoms in total. The number of fused-ring (bicyclic) bond motifs is 1. The van der Waals surface area contributed by atoms with Crippen molar-refractivity contribution in [2.45, 2.75) is 52.9 Å². The third kappa shape index (κ3) is 6.45. The Morgan fingerprint density at radius 1 is 1.06 bits per heavy atom. The van der Waals surface area contributed by atoms with Crippen molar-refractivity contribution < 1.29 is 0 Å². The number of nitrogens with zero attached hydrogens (tertiary/aromatic N) is 2. The van der Waals surface area contributed by atoms with Crippen LogP contribution in [0.5, 0.6) is 0 Å². The van der Waals surface area contributed by atoms with E-state index >= 15 is 0 Å². The average Bonchev–Trinajstić information content (AvgIpc) is 2.81. The summed E-state index contributed by atoms with van der Waals surface area (Å²) in [6.07, 6.45) is 9.83. The molecule has 0 aliphatic heterocycles. The molecule has 2 aromatic carbocycles. The minimum absolute atomic E-state index is 0.807. The highest BCUT2D eigenvalue weighted by Crippen LogP contribution is 2.30. The first-order chi connectivity index (χ1) is 15.1. The maximum Gasteiger partial charge on any atom is 0.0953 e. The SMILES string of the molecule is CCCN(CCNc1ccc2cc(C3=C(C#N)CCC=C3)ccc2c1)CCC(C)CC. The second-order valence-corrected chi connectivity index (χ2v) is 8.79. The molecule has 0 bridgehead atoms. The molecule has 2 aromatic rings. The number of anilines is 1. The summed E-state index contributed by atoms with van der Waals surface area (Å²) in [7, 11) is 0. The summed E-state index contributed by atoms with van der Waals surface area (Å²) in [5, 5.41) is 15.5. The maximum atomic E-state index is 9.45. The van der Waals surface area contributed by atoms with Gasteiger partial charge in [0.1, 0.15) is 0 Å². The lowest BCUT2D eigenvalue weighted by molar-refractivity contribution is 0.262. The van der Waals surface area contributed by atoms with Crippen molar-refractivity contribution in [3.05, 3.63) is 59.7 Å². The first kappa shape index (κ1) is 23.1. The summed E-state index contributed by atoms with van der Waals surface area (Å²) >= 11 is 0. The molecule has 1 unspecified atom stereocenters. The number of nitrogens with one attached hydrogen (secondary N) is 1. The van der Waals surface area contributed by atoms with Crippen LogP contribution >= 0.6 is 0 Å². The fourth-order valence-corrected chi connectivity index (χ4v) is 4.19. The molecule has 1 aliphatic carbocycles. The van der Waals surface area contributed by atoms with E-state index in [2.05, 4.69) is 85.6 Å². The molecule has 0 saturated heterocycles. The zero-order valence-corrected chi connectivity index (χ0v) is 19.5. The van der Waals surface area contributed by atoms with Gasteiger partial charge in [-0.1, -0.05) is 57.5 Å². The number of hydrogen-bond donors (Lipinski definition) is 1. The van der Waals surface area contributed by atoms with Crippen LogP contribution in [0.1, 0.15) is 58.4 Å². The van der Waals surface area contributed by atoms with Gasteiger partial charge in [0.25, 0.3) is 0 Å². The Bertz CT molecular complexity index is 964. The summed E-state index contributed by atoms with van der Waals surface area (Å²) < 4.78 is 0. The van der Waals surface area contributed by atoms with Gasteiger partial charge in [0.15, 0.2) is 0 Å². The van der Waals surface area contributed by atoms with E-state index in [1.807, 2.05) is 0 Å². The molecule has 0 amide bonds. The van der Waals surface area contributed by atoms with Crippen LogP contribution < -0.4 is 5.32 Å². The fourth-order valence-electron chi connectivity index (χ4n) is 4.19. The Hall–Kier alpha value is -2.57. The van der Waals surface area contributed by atoms with Crippen molar-refractivity contribution in [3.63, 3.8) is 0 Å². The number of rotatable bonds is 11. The molecule has 0 aromatic heterocycles. The molecule has 3 heteroatoms. The van der Waals surface area contributed by atoms with E-state index in [1.165, 1.54) is 48.8 Å². The molecule has 0 radical (unpaired) electrons. The van der Waals surface area contributed by atoms with E-state index in [9.17, 15) is 5.26 Å². The second kappa shape index (κ2) is 11.7. The van der Waals surface area contributed by atoms with Gasteiger partial charge in [0, 0.05) is 24.4 Å². The monoisotopic (exact) mass is 415 g/mol. The van der Waals surface area contributed by atoms with Crippen LogP contribution in [-0.2, 0) is 0 Å². The highest BCUT2D eigenvalue weighted by Gasteiger charge is 2.11. The van der Waals surface area contributed by atoms with Crippen LogP contribution in [-0.4, -0.2) is 31.1 Å². The Morgan fingerprint density at radius 2 is 1.87 bits per heavy atom. The number of hydrogen-bond acceptors (Lipinski definition) is 3. The maximum absolute atomic E-state index is 9.45. The number of benzene rings is 2. The van der Waals surface area contributed by atoms with Gasteiger partial charge in [-0.2, -0.15) is 5.26 Å². The third-order valence-electron chi connectivity index (χ3n) is 6.39. The second-order valence-electron chi connectivity index (χ2n) is 8.79. The van der Waals surface area contributed by atoms with Crippen molar-refractivity contribution >= 4 is 22.0 Å². The fraction of sp³-hybridized carbons (Fsp3) is 0.464. The van der Waals surface area contributed by atoms with Gasteiger partial charge in [-0.05, 0) is 84.8 Å². The van der Waals surface area contributed by atoms with E-state index in [4.69, 9.17) is 0 Å². The molecular formula is C28H37N3. The Balaban J connectivity index is 1.63. The summed E-state index contributed by atoms with van der Waals surface area (Å²) in [5.74, 6) is 0.807. The molecule has 1 atom stereocenters. The van der Waals surface area contributed by atoms with Gasteiger partial charge < -0.3 is 10.2 Å². The van der Waals surface area contributed by atoms with Crippen molar-refractivity contribution in [1.29, 1.82) is 5.26 Å². The summed E-state index contributed by atoms with van der Waals surface area (Å²) in [4.78, 5) is 2.59. The smallest absolute Gasteiger partial charge is 0.0953 e. The van der Waals surface area contributed by atoms with Gasteiger partial charge in [-0.25, -0.2) is 0 Å². The average molecular weight is 416 g/mol. The zero-order chi connectivity index (χ0) is 22.1. The van der Waals surface area contributed by atoms with Crippen LogP contribution in [0.4, 0.5) is 5.69 Å². The molecule has 3 rings (SSSR count). The van der Waals surface area contributed by atoms with Crippen molar-refractivity contribution in [2.75, 3.05) is 31.5 Å². The van der Waals surface area contributed by atoms with Crippen molar-refractivity contribution in [3.8, 4) is 6.07 Å². The van der Waals surface area contributed by atoms with Crippen LogP contribution in [0.15, 0.2) is 54.1 Å². The first-order valence-corrected chi connectivity index (χ1v) is 11.9. The van der Waals surface area contributed by atoms with Gasteiger partial charge in [0.05, 0.1) is 6.07 Å². The summed E-state index contributed by atoms with van der Waals surface area (Å²) in [6, 6.07) is 15.5. The predicted octanol–water partition coefficient (Wildman–Crippen LogP) is 7.03. The van der Waals surface area contributed by atoms with Crippen LogP contribution in [0.25, 0.3) is 16.3 Å². The molecule has 1 N–H and O–H groups in total. The summed E-state index contributed by atoms with van der Waals surface area (Å²) in [6.45, 7) is 11.3. The minimum Gasteiger partial charge on any atom is -0.384 e. The molecule has 0 fully saturated rings. The lowest BCUT2D eigenvalue weighted by Gasteiger charge is -2.23. The largest absolute Gasteiger partial charge is 0.384 e. The summed E-state index contributed by atoms with van der Waals surface area (Å²) in [5.41, 5.74) is 4.28. The van der Waals surface area contributed by atoms with Gasteiger partial charge in [0.2, 0.25) is 0 Å². The van der Waals surface area contributed by atoms with Crippen LogP contribution in [0, 0.1) is 17.2 Å². The molecule has 0 heterocycles. The molecule has 0 saturated carbocycles. The van der Waals surface area contributed by atoms with Crippen molar-refractivity contribution in [1.82, 2.24) is 4.90 Å². The molecule has 164 valence electrons. The number of allylic oxidation sites excluding steroid dienone is 4. The highest BCUT2D eigenvalue weighted by atomic mass is 15.1. The standard InChI is InChI=1S/C28H37N3/c1-4-16-31(17-14-22(3)5-2)18-15-30-27-13-12-23-19-25(11-10-24(23)20-27)28-9-7-6-8-26(28)21-29/h7,9-13,19-20,22,30H,4-6,8,14-18H2,1-3H3. The highest BCUT2D eigenvalue weighted by molar-refractivity contribution is 5.91. The van der Waals surface area contributed by atoms with Crippen LogP contribution in [0.2, 0.25) is 0 Å². The topological polar surface area (TPSA) is 39.1 Å². The van der Waals surface area contributed by atoms with E-state index in [0.717, 1.165) is 48.6 Å². The van der Waals surface area contributed by atoms with Gasteiger partial charge in [-0.3, -0.25) is 0 Å². The lowest BCUT2D eigenvalue weighted by atomic mass is 9.92. The van der Waals surface area contributed by atoms with Gasteiger partial charge >= 0.3 is 0 Å². The quantitative estimate of drug-likeness (QED) is 0.428. The van der Waals surface area contributed by atoms with Gasteiger partial charge in [-0.15, -0.1) is 0 Å². The van der Waals surface area contributed by atoms with Crippen LogP contribution in [0.3, 0.4) is 0 Å². The zero-order valence-electron chi connectivity index (χ0n) is 19.5. The lowest BCUT2D eigenvalue weighted by Crippen LogP contribution is -2.31. The molecule has 31 heavy (non-hydrogen) atoms. The molecular weight excluding hydrogens is 378 g/mol. The molecule has 1 aliphatic rings. The van der Waals surface area contributed by atoms with E-state index < -0.39 is 0 Å². The minimum atomic E-state index is 0.807. The Morgan fingerprint density at radius 3 is 2.65 bits per heavy atom. The Labute approximate surface area is 188 Å².